The molecule has 2 aromatic rings. The molecule has 2 amide bonds. The van der Waals surface area contributed by atoms with E-state index in [2.05, 4.69) is 47.8 Å². The van der Waals surface area contributed by atoms with Crippen LogP contribution < -0.4 is 10.6 Å². The monoisotopic (exact) mass is 541 g/mol. The fourth-order valence-corrected chi connectivity index (χ4v) is 6.31. The molecule has 0 aromatic heterocycles. The predicted octanol–water partition coefficient (Wildman–Crippen LogP) is 7.13. The van der Waals surface area contributed by atoms with E-state index < -0.39 is 16.1 Å². The summed E-state index contributed by atoms with van der Waals surface area (Å²) < 4.78 is 26.4. The van der Waals surface area contributed by atoms with Crippen LogP contribution >= 0.6 is 0 Å². The standard InChI is InChI=1S/C28H39N5O4S/c1-5-7-19-8-6-9-21(18-19)25-20(10-15-24(34)26(25)28(2,3)4)16-17-30-27(35)31-22-11-13-23(14-12-22)38(36,37)33-32-29/h10-15,19,21,34H,5-9,16-18H2,1-4H3,(H2,30,31,35). The highest BCUT2D eigenvalue weighted by Crippen LogP contribution is 2.46. The van der Waals surface area contributed by atoms with Crippen LogP contribution in [-0.4, -0.2) is 26.1 Å². The molecule has 1 aliphatic rings. The van der Waals surface area contributed by atoms with Crippen LogP contribution in [0.15, 0.2) is 45.8 Å². The lowest BCUT2D eigenvalue weighted by Gasteiger charge is -2.35. The van der Waals surface area contributed by atoms with E-state index in [0.717, 1.165) is 24.0 Å². The van der Waals surface area contributed by atoms with Crippen molar-refractivity contribution in [3.05, 3.63) is 63.5 Å². The lowest BCUT2D eigenvalue weighted by molar-refractivity contribution is 0.252. The van der Waals surface area contributed by atoms with Crippen molar-refractivity contribution in [2.45, 2.75) is 88.9 Å². The fourth-order valence-electron chi connectivity index (χ4n) is 5.64. The molecule has 0 spiro atoms. The number of aromatic hydroxyl groups is 1. The molecule has 2 aromatic carbocycles. The van der Waals surface area contributed by atoms with E-state index in [4.69, 9.17) is 5.53 Å². The smallest absolute Gasteiger partial charge is 0.319 e. The number of hydrogen-bond donors (Lipinski definition) is 3. The summed E-state index contributed by atoms with van der Waals surface area (Å²) in [6, 6.07) is 8.77. The number of phenolic OH excluding ortho intramolecular Hbond substituents is 1. The Kier molecular flexibility index (Phi) is 9.68. The zero-order valence-corrected chi connectivity index (χ0v) is 23.5. The minimum atomic E-state index is -4.08. The van der Waals surface area contributed by atoms with Crippen LogP contribution in [0.25, 0.3) is 10.4 Å². The highest BCUT2D eigenvalue weighted by Gasteiger charge is 2.31. The van der Waals surface area contributed by atoms with Crippen molar-refractivity contribution in [2.24, 2.45) is 10.4 Å². The van der Waals surface area contributed by atoms with Gasteiger partial charge in [-0.1, -0.05) is 59.4 Å². The Hall–Kier alpha value is -3.23. The van der Waals surface area contributed by atoms with E-state index in [1.54, 1.807) is 6.07 Å². The molecule has 1 aliphatic carbocycles. The third kappa shape index (κ3) is 7.42. The Morgan fingerprint density at radius 3 is 2.50 bits per heavy atom. The van der Waals surface area contributed by atoms with Crippen LogP contribution in [0, 0.1) is 5.92 Å². The topological polar surface area (TPSA) is 144 Å². The summed E-state index contributed by atoms with van der Waals surface area (Å²) in [5.41, 5.74) is 12.0. The van der Waals surface area contributed by atoms with Crippen molar-refractivity contribution in [2.75, 3.05) is 11.9 Å². The molecule has 206 valence electrons. The molecule has 0 bridgehead atoms. The van der Waals surface area contributed by atoms with Gasteiger partial charge in [-0.3, -0.25) is 0 Å². The van der Waals surface area contributed by atoms with Crippen LogP contribution in [0.1, 0.15) is 88.8 Å². The predicted molar refractivity (Wildman–Crippen MR) is 150 cm³/mol. The summed E-state index contributed by atoms with van der Waals surface area (Å²) in [7, 11) is -4.08. The number of anilines is 1. The van der Waals surface area contributed by atoms with E-state index in [0.29, 0.717) is 36.2 Å². The summed E-state index contributed by atoms with van der Waals surface area (Å²) in [5, 5.41) is 16.5. The van der Waals surface area contributed by atoms with Crippen molar-refractivity contribution < 1.29 is 18.3 Å². The van der Waals surface area contributed by atoms with Gasteiger partial charge in [-0.05, 0) is 83.5 Å². The molecule has 0 aliphatic heterocycles. The molecular weight excluding hydrogens is 502 g/mol. The Morgan fingerprint density at radius 1 is 1.16 bits per heavy atom. The zero-order valence-electron chi connectivity index (χ0n) is 22.7. The van der Waals surface area contributed by atoms with Gasteiger partial charge in [0.25, 0.3) is 10.0 Å². The van der Waals surface area contributed by atoms with Crippen LogP contribution in [-0.2, 0) is 21.9 Å². The van der Waals surface area contributed by atoms with Gasteiger partial charge in [0.1, 0.15) is 5.75 Å². The number of carbonyl (C=O) groups is 1. The first-order chi connectivity index (χ1) is 18.0. The maximum atomic E-state index is 12.5. The van der Waals surface area contributed by atoms with Crippen LogP contribution in [0.4, 0.5) is 10.5 Å². The van der Waals surface area contributed by atoms with Crippen molar-refractivity contribution in [1.82, 2.24) is 5.32 Å². The molecule has 0 saturated heterocycles. The van der Waals surface area contributed by atoms with Crippen molar-refractivity contribution in [3.63, 3.8) is 0 Å². The maximum absolute atomic E-state index is 12.5. The average Bonchev–Trinajstić information content (AvgIpc) is 2.84. The number of nitrogens with one attached hydrogen (secondary N) is 2. The third-order valence-electron chi connectivity index (χ3n) is 7.19. The molecule has 2 unspecified atom stereocenters. The maximum Gasteiger partial charge on any atom is 0.319 e. The molecule has 1 saturated carbocycles. The minimum Gasteiger partial charge on any atom is -0.508 e. The van der Waals surface area contributed by atoms with Crippen LogP contribution in [0.5, 0.6) is 5.75 Å². The second kappa shape index (κ2) is 12.5. The molecule has 3 N–H and O–H groups in total. The van der Waals surface area contributed by atoms with Gasteiger partial charge in [-0.2, -0.15) is 0 Å². The molecule has 10 heteroatoms. The number of carbonyl (C=O) groups excluding carboxylic acids is 1. The number of amides is 2. The Balaban J connectivity index is 1.72. The van der Waals surface area contributed by atoms with Gasteiger partial charge < -0.3 is 15.7 Å². The quantitative estimate of drug-likeness (QED) is 0.176. The van der Waals surface area contributed by atoms with Gasteiger partial charge in [-0.25, -0.2) is 13.2 Å². The second-order valence-electron chi connectivity index (χ2n) is 11.1. The molecular formula is C28H39N5O4S. The van der Waals surface area contributed by atoms with E-state index in [1.807, 2.05) is 6.07 Å². The molecule has 2 atom stereocenters. The molecule has 0 radical (unpaired) electrons. The SMILES string of the molecule is CCCC1CCCC(c2c(CCNC(=O)Nc3ccc(S(=O)(=O)N=[N+]=[N-])cc3)ccc(O)c2C(C)(C)C)C1. The Morgan fingerprint density at radius 2 is 1.87 bits per heavy atom. The number of phenols is 1. The summed E-state index contributed by atoms with van der Waals surface area (Å²) in [4.78, 5) is 14.7. The minimum absolute atomic E-state index is 0.153. The number of azide groups is 1. The van der Waals surface area contributed by atoms with Crippen molar-refractivity contribution in [1.29, 1.82) is 0 Å². The van der Waals surface area contributed by atoms with Gasteiger partial charge in [-0.15, -0.1) is 0 Å². The number of nitrogens with zero attached hydrogens (tertiary/aromatic N) is 3. The molecule has 1 fully saturated rings. The summed E-state index contributed by atoms with van der Waals surface area (Å²) in [6.45, 7) is 9.05. The second-order valence-corrected chi connectivity index (χ2v) is 12.7. The number of sulfonamides is 1. The van der Waals surface area contributed by atoms with Gasteiger partial charge in [0.2, 0.25) is 0 Å². The van der Waals surface area contributed by atoms with E-state index >= 15 is 0 Å². The van der Waals surface area contributed by atoms with Gasteiger partial charge >= 0.3 is 6.03 Å². The molecule has 9 nitrogen and oxygen atoms in total. The molecule has 3 rings (SSSR count). The third-order valence-corrected chi connectivity index (χ3v) is 8.34. The van der Waals surface area contributed by atoms with Crippen molar-refractivity contribution >= 4 is 21.7 Å². The lowest BCUT2D eigenvalue weighted by Crippen LogP contribution is -2.31. The van der Waals surface area contributed by atoms with Gasteiger partial charge in [0, 0.05) is 27.2 Å². The summed E-state index contributed by atoms with van der Waals surface area (Å²) in [6.07, 6.45) is 7.74. The summed E-state index contributed by atoms with van der Waals surface area (Å²) in [5.74, 6) is 1.44. The number of urea groups is 1. The van der Waals surface area contributed by atoms with Crippen LogP contribution in [0.2, 0.25) is 0 Å². The zero-order chi connectivity index (χ0) is 27.9. The Labute approximate surface area is 225 Å². The first-order valence-corrected chi connectivity index (χ1v) is 14.7. The fraction of sp³-hybridized carbons (Fsp3) is 0.536. The van der Waals surface area contributed by atoms with E-state index in [9.17, 15) is 18.3 Å². The van der Waals surface area contributed by atoms with E-state index in [-0.39, 0.29) is 10.3 Å². The van der Waals surface area contributed by atoms with Crippen LogP contribution in [0.3, 0.4) is 0 Å². The molecule has 38 heavy (non-hydrogen) atoms. The normalized spacial score (nSPS) is 17.9. The van der Waals surface area contributed by atoms with Crippen molar-refractivity contribution in [3.8, 4) is 5.75 Å². The molecule has 0 heterocycles. The van der Waals surface area contributed by atoms with Gasteiger partial charge in [0.15, 0.2) is 0 Å². The largest absolute Gasteiger partial charge is 0.508 e. The highest BCUT2D eigenvalue weighted by atomic mass is 32.2. The number of hydrogen-bond acceptors (Lipinski definition) is 4. The first kappa shape index (κ1) is 29.3. The van der Waals surface area contributed by atoms with Gasteiger partial charge in [0.05, 0.1) is 4.90 Å². The number of rotatable bonds is 9. The Bertz CT molecular complexity index is 1280. The highest BCUT2D eigenvalue weighted by molar-refractivity contribution is 7.90. The summed E-state index contributed by atoms with van der Waals surface area (Å²) >= 11 is 0. The van der Waals surface area contributed by atoms with E-state index in [1.165, 1.54) is 55.5 Å². The average molecular weight is 542 g/mol. The first-order valence-electron chi connectivity index (χ1n) is 13.3. The lowest BCUT2D eigenvalue weighted by atomic mass is 9.70. The number of benzene rings is 2.